The van der Waals surface area contributed by atoms with Gasteiger partial charge in [0.1, 0.15) is 23.4 Å². The van der Waals surface area contributed by atoms with Gasteiger partial charge in [-0.15, -0.1) is 0 Å². The number of methoxy groups -OCH3 is 1. The van der Waals surface area contributed by atoms with Crippen LogP contribution in [0.1, 0.15) is 15.9 Å². The number of hydrogen-bond acceptors (Lipinski definition) is 5. The summed E-state index contributed by atoms with van der Waals surface area (Å²) < 4.78 is 31.7. The molecule has 0 saturated heterocycles. The Kier molecular flexibility index (Phi) is 6.01. The molecule has 0 fully saturated rings. The highest BCUT2D eigenvalue weighted by Gasteiger charge is 2.25. The molecule has 10 heteroatoms. The number of non-ortho nitro benzene ring substituents is 1. The van der Waals surface area contributed by atoms with Gasteiger partial charge in [-0.25, -0.2) is 13.6 Å². The van der Waals surface area contributed by atoms with Gasteiger partial charge in [0.05, 0.1) is 17.6 Å². The van der Waals surface area contributed by atoms with Gasteiger partial charge in [-0.2, -0.15) is 0 Å². The second kappa shape index (κ2) is 8.21. The van der Waals surface area contributed by atoms with E-state index in [0.29, 0.717) is 6.07 Å². The first-order valence-electron chi connectivity index (χ1n) is 7.53. The summed E-state index contributed by atoms with van der Waals surface area (Å²) >= 11 is 0. The molecule has 1 atom stereocenters. The summed E-state index contributed by atoms with van der Waals surface area (Å²) in [6.07, 6.45) is -0.352. The first-order valence-corrected chi connectivity index (χ1v) is 7.53. The molecular formula is C17H14F2N2O6. The topological polar surface area (TPSA) is 119 Å². The molecule has 0 aliphatic rings. The number of carboxylic acid groups (broad SMARTS) is 1. The Morgan fingerprint density at radius 3 is 2.52 bits per heavy atom. The van der Waals surface area contributed by atoms with Crippen molar-refractivity contribution in [3.05, 3.63) is 69.3 Å². The van der Waals surface area contributed by atoms with Crippen molar-refractivity contribution in [3.63, 3.8) is 0 Å². The molecule has 8 nitrogen and oxygen atoms in total. The molecule has 0 heterocycles. The third-order valence-corrected chi connectivity index (χ3v) is 3.68. The predicted octanol–water partition coefficient (Wildman–Crippen LogP) is 2.31. The zero-order valence-electron chi connectivity index (χ0n) is 13.9. The number of hydrogen-bond donors (Lipinski definition) is 2. The van der Waals surface area contributed by atoms with Crippen LogP contribution >= 0.6 is 0 Å². The van der Waals surface area contributed by atoms with E-state index in [2.05, 4.69) is 5.32 Å². The number of halogens is 2. The van der Waals surface area contributed by atoms with Crippen LogP contribution in [0, 0.1) is 21.7 Å². The SMILES string of the molecule is COc1ccc([N+](=O)[O-])cc1C[C@@H](NC(=O)c1ccc(F)cc1F)C(=O)O. The first-order chi connectivity index (χ1) is 12.7. The monoisotopic (exact) mass is 380 g/mol. The highest BCUT2D eigenvalue weighted by Crippen LogP contribution is 2.25. The van der Waals surface area contributed by atoms with E-state index in [1.807, 2.05) is 0 Å². The molecule has 2 aromatic carbocycles. The average Bonchev–Trinajstić information content (AvgIpc) is 2.60. The fraction of sp³-hybridized carbons (Fsp3) is 0.176. The molecule has 1 amide bonds. The molecule has 0 spiro atoms. The van der Waals surface area contributed by atoms with Crippen molar-refractivity contribution in [3.8, 4) is 5.75 Å². The van der Waals surface area contributed by atoms with Gasteiger partial charge in [0.15, 0.2) is 0 Å². The quantitative estimate of drug-likeness (QED) is 0.562. The number of nitro benzene ring substituents is 1. The highest BCUT2D eigenvalue weighted by atomic mass is 19.1. The normalized spacial score (nSPS) is 11.5. The van der Waals surface area contributed by atoms with Crippen molar-refractivity contribution in [1.29, 1.82) is 0 Å². The van der Waals surface area contributed by atoms with Gasteiger partial charge in [0, 0.05) is 30.2 Å². The number of carbonyl (C=O) groups is 2. The molecule has 27 heavy (non-hydrogen) atoms. The molecule has 2 rings (SSSR count). The molecule has 0 bridgehead atoms. The fourth-order valence-corrected chi connectivity index (χ4v) is 2.37. The smallest absolute Gasteiger partial charge is 0.326 e. The van der Waals surface area contributed by atoms with E-state index in [1.54, 1.807) is 0 Å². The Labute approximate surface area is 151 Å². The van der Waals surface area contributed by atoms with Crippen molar-refractivity contribution in [1.82, 2.24) is 5.32 Å². The van der Waals surface area contributed by atoms with Gasteiger partial charge < -0.3 is 15.2 Å². The largest absolute Gasteiger partial charge is 0.496 e. The maximum absolute atomic E-state index is 13.7. The number of aliphatic carboxylic acids is 1. The number of benzene rings is 2. The summed E-state index contributed by atoms with van der Waals surface area (Å²) in [6, 6.07) is 4.31. The highest BCUT2D eigenvalue weighted by molar-refractivity contribution is 5.96. The maximum atomic E-state index is 13.7. The first kappa shape index (κ1) is 19.8. The number of carboxylic acids is 1. The van der Waals surface area contributed by atoms with Gasteiger partial charge >= 0.3 is 5.97 Å². The summed E-state index contributed by atoms with van der Waals surface area (Å²) in [5, 5.41) is 22.4. The summed E-state index contributed by atoms with van der Waals surface area (Å²) in [6.45, 7) is 0. The molecule has 0 aromatic heterocycles. The van der Waals surface area contributed by atoms with E-state index in [0.717, 1.165) is 18.2 Å². The van der Waals surface area contributed by atoms with Crippen molar-refractivity contribution in [2.75, 3.05) is 7.11 Å². The molecule has 142 valence electrons. The minimum Gasteiger partial charge on any atom is -0.496 e. The summed E-state index contributed by atoms with van der Waals surface area (Å²) in [5.41, 5.74) is -0.654. The number of rotatable bonds is 7. The fourth-order valence-electron chi connectivity index (χ4n) is 2.37. The maximum Gasteiger partial charge on any atom is 0.326 e. The number of amides is 1. The van der Waals surface area contributed by atoms with Crippen LogP contribution in [0.3, 0.4) is 0 Å². The molecule has 0 saturated carbocycles. The second-order valence-corrected chi connectivity index (χ2v) is 5.45. The summed E-state index contributed by atoms with van der Waals surface area (Å²) in [4.78, 5) is 33.9. The molecular weight excluding hydrogens is 366 g/mol. The van der Waals surface area contributed by atoms with E-state index in [9.17, 15) is 33.6 Å². The Morgan fingerprint density at radius 1 is 1.26 bits per heavy atom. The van der Waals surface area contributed by atoms with Crippen LogP contribution in [0.5, 0.6) is 5.75 Å². The van der Waals surface area contributed by atoms with Crippen LogP contribution in [-0.2, 0) is 11.2 Å². The zero-order chi connectivity index (χ0) is 20.1. The van der Waals surface area contributed by atoms with Gasteiger partial charge in [-0.3, -0.25) is 14.9 Å². The Bertz CT molecular complexity index is 903. The molecule has 2 N–H and O–H groups in total. The third kappa shape index (κ3) is 4.75. The van der Waals surface area contributed by atoms with Crippen LogP contribution in [0.4, 0.5) is 14.5 Å². The van der Waals surface area contributed by atoms with Crippen molar-refractivity contribution in [2.45, 2.75) is 12.5 Å². The zero-order valence-corrected chi connectivity index (χ0v) is 13.9. The molecule has 0 aliphatic carbocycles. The van der Waals surface area contributed by atoms with Gasteiger partial charge in [0.25, 0.3) is 11.6 Å². The van der Waals surface area contributed by atoms with E-state index in [-0.39, 0.29) is 23.4 Å². The van der Waals surface area contributed by atoms with E-state index in [1.165, 1.54) is 19.2 Å². The summed E-state index contributed by atoms with van der Waals surface area (Å²) in [5.74, 6) is -4.36. The van der Waals surface area contributed by atoms with Crippen molar-refractivity contribution >= 4 is 17.6 Å². The lowest BCUT2D eigenvalue weighted by atomic mass is 10.0. The van der Waals surface area contributed by atoms with Gasteiger partial charge in [-0.1, -0.05) is 0 Å². The number of nitrogens with zero attached hydrogens (tertiary/aromatic N) is 1. The van der Waals surface area contributed by atoms with Gasteiger partial charge in [-0.05, 0) is 18.2 Å². The van der Waals surface area contributed by atoms with Crippen LogP contribution in [0.25, 0.3) is 0 Å². The molecule has 2 aromatic rings. The lowest BCUT2D eigenvalue weighted by Crippen LogP contribution is -2.42. The third-order valence-electron chi connectivity index (χ3n) is 3.68. The lowest BCUT2D eigenvalue weighted by Gasteiger charge is -2.16. The van der Waals surface area contributed by atoms with E-state index < -0.39 is 40.0 Å². The van der Waals surface area contributed by atoms with Crippen LogP contribution in [0.15, 0.2) is 36.4 Å². The van der Waals surface area contributed by atoms with E-state index >= 15 is 0 Å². The number of carbonyl (C=O) groups excluding carboxylic acids is 1. The van der Waals surface area contributed by atoms with Gasteiger partial charge in [0.2, 0.25) is 0 Å². The minimum absolute atomic E-state index is 0.166. The van der Waals surface area contributed by atoms with Crippen LogP contribution < -0.4 is 10.1 Å². The van der Waals surface area contributed by atoms with Crippen LogP contribution in [-0.4, -0.2) is 35.1 Å². The van der Waals surface area contributed by atoms with Crippen molar-refractivity contribution in [2.24, 2.45) is 0 Å². The Hall–Kier alpha value is -3.56. The Morgan fingerprint density at radius 2 is 1.96 bits per heavy atom. The van der Waals surface area contributed by atoms with Crippen LogP contribution in [0.2, 0.25) is 0 Å². The standard InChI is InChI=1S/C17H14F2N2O6/c1-27-15-5-3-11(21(25)26)6-9(15)7-14(17(23)24)20-16(22)12-4-2-10(18)8-13(12)19/h2-6,8,14H,7H2,1H3,(H,20,22)(H,23,24)/t14-/m1/s1. The number of nitro groups is 1. The van der Waals surface area contributed by atoms with E-state index in [4.69, 9.17) is 4.74 Å². The summed E-state index contributed by atoms with van der Waals surface area (Å²) in [7, 11) is 1.30. The molecule has 0 unspecified atom stereocenters. The Balaban J connectivity index is 2.28. The number of ether oxygens (including phenoxy) is 1. The molecule has 0 radical (unpaired) electrons. The van der Waals surface area contributed by atoms with Crippen molar-refractivity contribution < 1.29 is 33.1 Å². The second-order valence-electron chi connectivity index (χ2n) is 5.45. The lowest BCUT2D eigenvalue weighted by molar-refractivity contribution is -0.384. The predicted molar refractivity (Wildman–Crippen MR) is 88.6 cm³/mol. The molecule has 0 aliphatic heterocycles. The number of nitrogens with one attached hydrogen (secondary N) is 1. The minimum atomic E-state index is -1.53. The average molecular weight is 380 g/mol.